The van der Waals surface area contributed by atoms with E-state index in [1.54, 1.807) is 12.1 Å². The van der Waals surface area contributed by atoms with Crippen LogP contribution in [0.4, 0.5) is 0 Å². The van der Waals surface area contributed by atoms with Crippen molar-refractivity contribution in [3.05, 3.63) is 96.1 Å². The van der Waals surface area contributed by atoms with Crippen LogP contribution in [0.25, 0.3) is 11.1 Å². The summed E-state index contributed by atoms with van der Waals surface area (Å²) in [7, 11) is 0. The highest BCUT2D eigenvalue weighted by molar-refractivity contribution is 8.14. The van der Waals surface area contributed by atoms with E-state index < -0.39 is 5.97 Å². The van der Waals surface area contributed by atoms with Crippen LogP contribution in [0.5, 0.6) is 0 Å². The van der Waals surface area contributed by atoms with Gasteiger partial charge in [-0.25, -0.2) is 0 Å². The second-order valence-corrected chi connectivity index (χ2v) is 7.53. The molecule has 0 radical (unpaired) electrons. The predicted octanol–water partition coefficient (Wildman–Crippen LogP) is 5.31. The molecule has 0 aliphatic rings. The molecule has 0 fully saturated rings. The maximum absolute atomic E-state index is 12.4. The summed E-state index contributed by atoms with van der Waals surface area (Å²) in [6, 6.07) is 27.1. The molecule has 0 saturated heterocycles. The zero-order valence-electron chi connectivity index (χ0n) is 14.7. The van der Waals surface area contributed by atoms with E-state index >= 15 is 0 Å². The molecule has 4 heteroatoms. The second-order valence-electron chi connectivity index (χ2n) is 6.26. The van der Waals surface area contributed by atoms with E-state index in [2.05, 4.69) is 12.1 Å². The number of aliphatic carboxylic acids is 1. The molecule has 1 N–H and O–H groups in total. The minimum Gasteiger partial charge on any atom is -0.481 e. The van der Waals surface area contributed by atoms with Gasteiger partial charge in [0.15, 0.2) is 0 Å². The first-order valence-corrected chi connectivity index (χ1v) is 9.62. The fourth-order valence-electron chi connectivity index (χ4n) is 2.87. The van der Waals surface area contributed by atoms with E-state index in [4.69, 9.17) is 0 Å². The number of carboxylic acids is 1. The average molecular weight is 376 g/mol. The molecule has 0 aromatic heterocycles. The second kappa shape index (κ2) is 9.19. The Bertz CT molecular complexity index is 890. The van der Waals surface area contributed by atoms with E-state index in [0.717, 1.165) is 28.5 Å². The predicted molar refractivity (Wildman–Crippen MR) is 110 cm³/mol. The van der Waals surface area contributed by atoms with Crippen molar-refractivity contribution in [1.29, 1.82) is 0 Å². The molecule has 0 spiro atoms. The minimum absolute atomic E-state index is 0.0519. The Kier molecular flexibility index (Phi) is 6.44. The molecule has 0 bridgehead atoms. The van der Waals surface area contributed by atoms with Gasteiger partial charge in [-0.3, -0.25) is 9.59 Å². The fraction of sp³-hybridized carbons (Fsp3) is 0.130. The summed E-state index contributed by atoms with van der Waals surface area (Å²) >= 11 is 1.10. The van der Waals surface area contributed by atoms with Gasteiger partial charge >= 0.3 is 5.97 Å². The SMILES string of the molecule is O=C(O)CC(Cc1ccc(-c2ccccc2)cc1)SC(=O)c1ccccc1. The molecule has 27 heavy (non-hydrogen) atoms. The Hall–Kier alpha value is -2.85. The normalized spacial score (nSPS) is 11.7. The third-order valence-electron chi connectivity index (χ3n) is 4.21. The van der Waals surface area contributed by atoms with Crippen LogP contribution in [0, 0.1) is 0 Å². The van der Waals surface area contributed by atoms with Crippen LogP contribution < -0.4 is 0 Å². The lowest BCUT2D eigenvalue weighted by Gasteiger charge is -2.14. The van der Waals surface area contributed by atoms with Crippen molar-refractivity contribution < 1.29 is 14.7 Å². The number of carboxylic acid groups (broad SMARTS) is 1. The quantitative estimate of drug-likeness (QED) is 0.607. The van der Waals surface area contributed by atoms with Crippen molar-refractivity contribution in [3.8, 4) is 11.1 Å². The van der Waals surface area contributed by atoms with Gasteiger partial charge in [0.2, 0.25) is 5.12 Å². The van der Waals surface area contributed by atoms with E-state index in [9.17, 15) is 14.7 Å². The molecule has 0 saturated carbocycles. The van der Waals surface area contributed by atoms with Gasteiger partial charge in [0.05, 0.1) is 6.42 Å². The largest absolute Gasteiger partial charge is 0.481 e. The minimum atomic E-state index is -0.894. The Balaban J connectivity index is 1.70. The number of carbonyl (C=O) groups excluding carboxylic acids is 1. The molecule has 3 aromatic rings. The Labute approximate surface area is 163 Å². The van der Waals surface area contributed by atoms with Crippen molar-refractivity contribution in [2.24, 2.45) is 0 Å². The molecule has 1 unspecified atom stereocenters. The number of hydrogen-bond donors (Lipinski definition) is 1. The highest BCUT2D eigenvalue weighted by Crippen LogP contribution is 2.26. The molecule has 3 aromatic carbocycles. The van der Waals surface area contributed by atoms with Crippen LogP contribution in [0.2, 0.25) is 0 Å². The van der Waals surface area contributed by atoms with Gasteiger partial charge in [0, 0.05) is 10.8 Å². The first-order chi connectivity index (χ1) is 13.1. The average Bonchev–Trinajstić information content (AvgIpc) is 2.69. The highest BCUT2D eigenvalue weighted by Gasteiger charge is 2.19. The number of benzene rings is 3. The summed E-state index contributed by atoms with van der Waals surface area (Å²) in [4.78, 5) is 23.7. The van der Waals surface area contributed by atoms with Gasteiger partial charge in [-0.05, 0) is 23.1 Å². The Morgan fingerprint density at radius 3 is 1.93 bits per heavy atom. The lowest BCUT2D eigenvalue weighted by Crippen LogP contribution is -2.15. The van der Waals surface area contributed by atoms with Crippen molar-refractivity contribution >= 4 is 22.8 Å². The van der Waals surface area contributed by atoms with Crippen LogP contribution in [0.15, 0.2) is 84.9 Å². The first kappa shape index (κ1) is 18.9. The third kappa shape index (κ3) is 5.56. The van der Waals surface area contributed by atoms with E-state index in [-0.39, 0.29) is 16.8 Å². The Morgan fingerprint density at radius 2 is 1.33 bits per heavy atom. The molecular formula is C23H20O3S. The van der Waals surface area contributed by atoms with Gasteiger partial charge in [0.1, 0.15) is 0 Å². The summed E-state index contributed by atoms with van der Waals surface area (Å²) in [5, 5.41) is 8.81. The van der Waals surface area contributed by atoms with Gasteiger partial charge in [-0.2, -0.15) is 0 Å². The summed E-state index contributed by atoms with van der Waals surface area (Å²) in [6.45, 7) is 0. The lowest BCUT2D eigenvalue weighted by atomic mass is 10.0. The van der Waals surface area contributed by atoms with Gasteiger partial charge in [-0.1, -0.05) is 96.7 Å². The molecule has 136 valence electrons. The molecule has 0 aliphatic heterocycles. The van der Waals surface area contributed by atoms with E-state index in [0.29, 0.717) is 12.0 Å². The number of thioether (sulfide) groups is 1. The zero-order valence-corrected chi connectivity index (χ0v) is 15.6. The van der Waals surface area contributed by atoms with Crippen LogP contribution in [0.1, 0.15) is 22.3 Å². The van der Waals surface area contributed by atoms with Gasteiger partial charge in [0.25, 0.3) is 0 Å². The van der Waals surface area contributed by atoms with Crippen molar-refractivity contribution in [1.82, 2.24) is 0 Å². The molecule has 3 nitrogen and oxygen atoms in total. The van der Waals surface area contributed by atoms with Crippen LogP contribution >= 0.6 is 11.8 Å². The molecule has 0 amide bonds. The fourth-order valence-corrected chi connectivity index (χ4v) is 3.95. The van der Waals surface area contributed by atoms with E-state index in [1.807, 2.05) is 60.7 Å². The standard InChI is InChI=1S/C23H20O3S/c24-22(25)16-21(27-23(26)20-9-5-2-6-10-20)15-17-11-13-19(14-12-17)18-7-3-1-4-8-18/h1-14,21H,15-16H2,(H,24,25). The maximum Gasteiger partial charge on any atom is 0.304 e. The van der Waals surface area contributed by atoms with Gasteiger partial charge < -0.3 is 5.11 Å². The zero-order chi connectivity index (χ0) is 19.1. The van der Waals surface area contributed by atoms with Crippen molar-refractivity contribution in [3.63, 3.8) is 0 Å². The molecule has 1 atom stereocenters. The highest BCUT2D eigenvalue weighted by atomic mass is 32.2. The third-order valence-corrected chi connectivity index (χ3v) is 5.33. The van der Waals surface area contributed by atoms with Crippen LogP contribution in [-0.4, -0.2) is 21.4 Å². The lowest BCUT2D eigenvalue weighted by molar-refractivity contribution is -0.136. The molecule has 0 aliphatic carbocycles. The van der Waals surface area contributed by atoms with Crippen LogP contribution in [0.3, 0.4) is 0 Å². The van der Waals surface area contributed by atoms with Crippen molar-refractivity contribution in [2.45, 2.75) is 18.1 Å². The number of hydrogen-bond acceptors (Lipinski definition) is 3. The summed E-state index contributed by atoms with van der Waals surface area (Å²) in [6.07, 6.45) is 0.480. The summed E-state index contributed by atoms with van der Waals surface area (Å²) in [5.74, 6) is -0.894. The smallest absolute Gasteiger partial charge is 0.304 e. The maximum atomic E-state index is 12.4. The summed E-state index contributed by atoms with van der Waals surface area (Å²) in [5.41, 5.74) is 3.87. The molecule has 0 heterocycles. The van der Waals surface area contributed by atoms with Crippen LogP contribution in [-0.2, 0) is 11.2 Å². The molecule has 3 rings (SSSR count). The van der Waals surface area contributed by atoms with Crippen molar-refractivity contribution in [2.75, 3.05) is 0 Å². The molecular weight excluding hydrogens is 356 g/mol. The summed E-state index contributed by atoms with van der Waals surface area (Å²) < 4.78 is 0. The monoisotopic (exact) mass is 376 g/mol. The van der Waals surface area contributed by atoms with Gasteiger partial charge in [-0.15, -0.1) is 0 Å². The Morgan fingerprint density at radius 1 is 0.778 bits per heavy atom. The topological polar surface area (TPSA) is 54.4 Å². The number of rotatable bonds is 7. The number of carbonyl (C=O) groups is 2. The first-order valence-electron chi connectivity index (χ1n) is 8.74. The van der Waals surface area contributed by atoms with E-state index in [1.165, 1.54) is 0 Å².